The van der Waals surface area contributed by atoms with E-state index in [2.05, 4.69) is 33.9 Å². The fourth-order valence-corrected chi connectivity index (χ4v) is 3.24. The number of carbonyl (C=O) groups excluding carboxylic acids is 1. The average Bonchev–Trinajstić information content (AvgIpc) is 3.09. The second kappa shape index (κ2) is 6.32. The minimum Gasteiger partial charge on any atom is -0.337 e. The molecule has 0 unspecified atom stereocenters. The lowest BCUT2D eigenvalue weighted by Crippen LogP contribution is -2.38. The number of benzene rings is 1. The summed E-state index contributed by atoms with van der Waals surface area (Å²) >= 11 is 1.21. The van der Waals surface area contributed by atoms with Gasteiger partial charge in [-0.25, -0.2) is 0 Å². The van der Waals surface area contributed by atoms with Crippen LogP contribution in [-0.4, -0.2) is 33.5 Å². The lowest BCUT2D eigenvalue weighted by Gasteiger charge is -2.31. The molecule has 6 heteroatoms. The van der Waals surface area contributed by atoms with Crippen LogP contribution in [0.15, 0.2) is 29.6 Å². The monoisotopic (exact) mass is 302 g/mol. The molecule has 0 aliphatic carbocycles. The number of rotatable bonds is 3. The molecule has 110 valence electrons. The highest BCUT2D eigenvalue weighted by Crippen LogP contribution is 2.29. The Labute approximate surface area is 127 Å². The van der Waals surface area contributed by atoms with Crippen LogP contribution < -0.4 is 5.73 Å². The highest BCUT2D eigenvalue weighted by Gasteiger charge is 2.25. The van der Waals surface area contributed by atoms with E-state index in [1.807, 2.05) is 4.90 Å². The molecule has 2 heterocycles. The van der Waals surface area contributed by atoms with Crippen molar-refractivity contribution in [3.8, 4) is 0 Å². The molecule has 21 heavy (non-hydrogen) atoms. The van der Waals surface area contributed by atoms with Gasteiger partial charge in [0.25, 0.3) is 5.91 Å². The van der Waals surface area contributed by atoms with Gasteiger partial charge in [0.1, 0.15) is 0 Å². The number of aromatic nitrogens is 2. The van der Waals surface area contributed by atoms with Gasteiger partial charge in [-0.05, 0) is 41.4 Å². The number of hydrogen-bond donors (Lipinski definition) is 1. The Balaban J connectivity index is 1.63. The molecule has 1 aliphatic rings. The molecule has 2 N–H and O–H groups in total. The normalized spacial score (nSPS) is 16.1. The molecule has 1 saturated heterocycles. The van der Waals surface area contributed by atoms with Crippen LogP contribution in [-0.2, 0) is 6.54 Å². The maximum Gasteiger partial charge on any atom is 0.275 e. The van der Waals surface area contributed by atoms with Crippen LogP contribution in [0.1, 0.15) is 40.4 Å². The fourth-order valence-electron chi connectivity index (χ4n) is 2.81. The molecule has 1 aromatic heterocycles. The summed E-state index contributed by atoms with van der Waals surface area (Å²) in [5.41, 5.74) is 8.66. The van der Waals surface area contributed by atoms with Crippen LogP contribution in [0.4, 0.5) is 0 Å². The maximum absolute atomic E-state index is 12.2. The van der Waals surface area contributed by atoms with Crippen LogP contribution in [0.5, 0.6) is 0 Å². The minimum atomic E-state index is -0.00194. The van der Waals surface area contributed by atoms with Crippen molar-refractivity contribution < 1.29 is 4.79 Å². The predicted octanol–water partition coefficient (Wildman–Crippen LogP) is 2.02. The molecule has 1 aliphatic heterocycles. The Kier molecular flexibility index (Phi) is 4.26. The van der Waals surface area contributed by atoms with E-state index in [-0.39, 0.29) is 5.91 Å². The third-order valence-corrected chi connectivity index (χ3v) is 4.52. The third kappa shape index (κ3) is 3.11. The SMILES string of the molecule is NCc1cccc(C2CCN(C(=O)c3csnn3)CC2)c1. The summed E-state index contributed by atoms with van der Waals surface area (Å²) in [5.74, 6) is 0.506. The van der Waals surface area contributed by atoms with Crippen molar-refractivity contribution in [3.63, 3.8) is 0 Å². The lowest BCUT2D eigenvalue weighted by atomic mass is 9.88. The largest absolute Gasteiger partial charge is 0.337 e. The minimum absolute atomic E-state index is 0.00194. The fraction of sp³-hybridized carbons (Fsp3) is 0.400. The van der Waals surface area contributed by atoms with E-state index in [0.29, 0.717) is 18.2 Å². The Morgan fingerprint density at radius 3 is 2.86 bits per heavy atom. The van der Waals surface area contributed by atoms with Crippen molar-refractivity contribution in [2.45, 2.75) is 25.3 Å². The van der Waals surface area contributed by atoms with Gasteiger partial charge in [0.05, 0.1) is 0 Å². The number of likely N-dealkylation sites (tertiary alicyclic amines) is 1. The van der Waals surface area contributed by atoms with Crippen LogP contribution in [0.3, 0.4) is 0 Å². The van der Waals surface area contributed by atoms with Gasteiger partial charge in [-0.2, -0.15) is 0 Å². The van der Waals surface area contributed by atoms with Gasteiger partial charge in [0, 0.05) is 25.0 Å². The summed E-state index contributed by atoms with van der Waals surface area (Å²) in [4.78, 5) is 14.1. The van der Waals surface area contributed by atoms with E-state index in [1.54, 1.807) is 5.38 Å². The van der Waals surface area contributed by atoms with Gasteiger partial charge in [0.15, 0.2) is 5.69 Å². The zero-order valence-electron chi connectivity index (χ0n) is 11.7. The topological polar surface area (TPSA) is 72.1 Å². The van der Waals surface area contributed by atoms with E-state index in [9.17, 15) is 4.79 Å². The summed E-state index contributed by atoms with van der Waals surface area (Å²) in [7, 11) is 0. The highest BCUT2D eigenvalue weighted by atomic mass is 32.1. The quantitative estimate of drug-likeness (QED) is 0.941. The van der Waals surface area contributed by atoms with Crippen LogP contribution in [0, 0.1) is 0 Å². The molecular formula is C15H18N4OS. The Morgan fingerprint density at radius 1 is 1.38 bits per heavy atom. The first-order valence-electron chi connectivity index (χ1n) is 7.13. The van der Waals surface area contributed by atoms with Crippen molar-refractivity contribution in [2.75, 3.05) is 13.1 Å². The third-order valence-electron chi connectivity index (χ3n) is 4.02. The van der Waals surface area contributed by atoms with Crippen LogP contribution in [0.2, 0.25) is 0 Å². The van der Waals surface area contributed by atoms with Crippen LogP contribution in [0.25, 0.3) is 0 Å². The first-order chi connectivity index (χ1) is 10.3. The smallest absolute Gasteiger partial charge is 0.275 e. The number of piperidine rings is 1. The number of hydrogen-bond acceptors (Lipinski definition) is 5. The van der Waals surface area contributed by atoms with E-state index in [4.69, 9.17) is 5.73 Å². The molecule has 0 atom stereocenters. The molecule has 1 amide bonds. The molecule has 0 radical (unpaired) electrons. The summed E-state index contributed by atoms with van der Waals surface area (Å²) in [5, 5.41) is 5.56. The van der Waals surface area contributed by atoms with E-state index in [0.717, 1.165) is 25.9 Å². The van der Waals surface area contributed by atoms with Crippen molar-refractivity contribution >= 4 is 17.4 Å². The van der Waals surface area contributed by atoms with Gasteiger partial charge in [-0.1, -0.05) is 28.8 Å². The molecule has 1 fully saturated rings. The van der Waals surface area contributed by atoms with Crippen molar-refractivity contribution in [1.82, 2.24) is 14.5 Å². The molecular weight excluding hydrogens is 284 g/mol. The Morgan fingerprint density at radius 2 is 2.19 bits per heavy atom. The van der Waals surface area contributed by atoms with Gasteiger partial charge in [0.2, 0.25) is 0 Å². The average molecular weight is 302 g/mol. The first kappa shape index (κ1) is 14.2. The summed E-state index contributed by atoms with van der Waals surface area (Å²) in [6.07, 6.45) is 1.97. The molecule has 0 bridgehead atoms. The first-order valence-corrected chi connectivity index (χ1v) is 7.97. The van der Waals surface area contributed by atoms with Crippen LogP contribution >= 0.6 is 11.5 Å². The van der Waals surface area contributed by atoms with Crippen molar-refractivity contribution in [1.29, 1.82) is 0 Å². The van der Waals surface area contributed by atoms with E-state index >= 15 is 0 Å². The second-order valence-electron chi connectivity index (χ2n) is 5.31. The molecule has 1 aromatic carbocycles. The van der Waals surface area contributed by atoms with E-state index in [1.165, 1.54) is 22.7 Å². The van der Waals surface area contributed by atoms with Gasteiger partial charge in [-0.15, -0.1) is 5.10 Å². The maximum atomic E-state index is 12.2. The number of nitrogens with two attached hydrogens (primary N) is 1. The molecule has 5 nitrogen and oxygen atoms in total. The summed E-state index contributed by atoms with van der Waals surface area (Å²) < 4.78 is 3.75. The highest BCUT2D eigenvalue weighted by molar-refractivity contribution is 7.03. The van der Waals surface area contributed by atoms with Crippen molar-refractivity contribution in [3.05, 3.63) is 46.5 Å². The van der Waals surface area contributed by atoms with Gasteiger partial charge >= 0.3 is 0 Å². The standard InChI is InChI=1S/C15H18N4OS/c16-9-11-2-1-3-13(8-11)12-4-6-19(7-5-12)15(20)14-10-21-18-17-14/h1-3,8,10,12H,4-7,9,16H2. The molecule has 0 spiro atoms. The lowest BCUT2D eigenvalue weighted by molar-refractivity contribution is 0.0707. The summed E-state index contributed by atoms with van der Waals surface area (Å²) in [6.45, 7) is 2.11. The number of carbonyl (C=O) groups is 1. The summed E-state index contributed by atoms with van der Waals surface area (Å²) in [6, 6.07) is 8.46. The molecule has 0 saturated carbocycles. The zero-order chi connectivity index (χ0) is 14.7. The van der Waals surface area contributed by atoms with Gasteiger partial charge < -0.3 is 10.6 Å². The second-order valence-corrected chi connectivity index (χ2v) is 5.92. The molecule has 2 aromatic rings. The van der Waals surface area contributed by atoms with Gasteiger partial charge in [-0.3, -0.25) is 4.79 Å². The Hall–Kier alpha value is -1.79. The van der Waals surface area contributed by atoms with E-state index < -0.39 is 0 Å². The predicted molar refractivity (Wildman–Crippen MR) is 82.1 cm³/mol. The van der Waals surface area contributed by atoms with Crippen molar-refractivity contribution in [2.24, 2.45) is 5.73 Å². The number of amides is 1. The number of nitrogens with zero attached hydrogens (tertiary/aromatic N) is 3. The Bertz CT molecular complexity index is 606. The molecule has 3 rings (SSSR count). The zero-order valence-corrected chi connectivity index (χ0v) is 12.6.